The van der Waals surface area contributed by atoms with Gasteiger partial charge >= 0.3 is 5.97 Å². The van der Waals surface area contributed by atoms with Crippen molar-refractivity contribution in [3.8, 4) is 0 Å². The van der Waals surface area contributed by atoms with E-state index < -0.39 is 34.6 Å². The Kier molecular flexibility index (Phi) is 5.91. The van der Waals surface area contributed by atoms with Crippen LogP contribution < -0.4 is 0 Å². The van der Waals surface area contributed by atoms with E-state index in [1.165, 1.54) is 6.08 Å². The third-order valence-electron chi connectivity index (χ3n) is 11.4. The first-order valence-electron chi connectivity index (χ1n) is 13.2. The van der Waals surface area contributed by atoms with Crippen molar-refractivity contribution in [1.82, 2.24) is 0 Å². The Morgan fingerprint density at radius 1 is 1.11 bits per heavy atom. The summed E-state index contributed by atoms with van der Waals surface area (Å²) >= 11 is 0. The number of rotatable bonds is 3. The lowest BCUT2D eigenvalue weighted by atomic mass is 9.42. The zero-order valence-electron chi connectivity index (χ0n) is 21.2. The van der Waals surface area contributed by atoms with E-state index >= 15 is 0 Å². The second-order valence-corrected chi connectivity index (χ2v) is 12.5. The van der Waals surface area contributed by atoms with Crippen LogP contribution in [0.4, 0.5) is 0 Å². The normalized spacial score (nSPS) is 50.3. The minimum absolute atomic E-state index is 0.00984. The van der Waals surface area contributed by atoms with Crippen LogP contribution in [0.15, 0.2) is 23.3 Å². The molecule has 3 saturated carbocycles. The van der Waals surface area contributed by atoms with Crippen LogP contribution in [0.3, 0.4) is 0 Å². The quantitative estimate of drug-likeness (QED) is 0.450. The monoisotopic (exact) mass is 488 g/mol. The number of cyclic esters (lactones) is 1. The maximum absolute atomic E-state index is 13.2. The third-order valence-corrected chi connectivity index (χ3v) is 11.4. The summed E-state index contributed by atoms with van der Waals surface area (Å²) in [4.78, 5) is 25.7. The average molecular weight is 489 g/mol. The Bertz CT molecular complexity index is 986. The molecule has 0 amide bonds. The number of allylic oxidation sites excluding steroid dienone is 1. The molecular formula is C28H40O7. The molecule has 35 heavy (non-hydrogen) atoms. The first-order valence-corrected chi connectivity index (χ1v) is 13.2. The summed E-state index contributed by atoms with van der Waals surface area (Å²) in [5.41, 5.74) is -1.88. The maximum atomic E-state index is 13.2. The number of fused-ring (bicyclic) bond motifs is 5. The predicted molar refractivity (Wildman–Crippen MR) is 128 cm³/mol. The number of ketones is 1. The van der Waals surface area contributed by atoms with Crippen LogP contribution >= 0.6 is 0 Å². The van der Waals surface area contributed by atoms with Gasteiger partial charge in [-0.25, -0.2) is 4.79 Å². The van der Waals surface area contributed by atoms with Crippen molar-refractivity contribution < 1.29 is 34.8 Å². The summed E-state index contributed by atoms with van der Waals surface area (Å²) in [7, 11) is 0. The molecule has 7 heteroatoms. The van der Waals surface area contributed by atoms with Gasteiger partial charge in [-0.2, -0.15) is 0 Å². The zero-order valence-corrected chi connectivity index (χ0v) is 21.2. The first-order chi connectivity index (χ1) is 16.4. The molecule has 0 unspecified atom stereocenters. The topological polar surface area (TPSA) is 124 Å². The van der Waals surface area contributed by atoms with Gasteiger partial charge in [-0.1, -0.05) is 25.5 Å². The summed E-state index contributed by atoms with van der Waals surface area (Å²) in [6, 6.07) is 0. The molecule has 4 aliphatic carbocycles. The van der Waals surface area contributed by atoms with E-state index in [0.29, 0.717) is 24.8 Å². The van der Waals surface area contributed by atoms with Crippen LogP contribution in [0.2, 0.25) is 0 Å². The van der Waals surface area contributed by atoms with Crippen molar-refractivity contribution in [1.29, 1.82) is 0 Å². The number of hydrogen-bond acceptors (Lipinski definition) is 7. The highest BCUT2D eigenvalue weighted by atomic mass is 16.5. The van der Waals surface area contributed by atoms with E-state index in [2.05, 4.69) is 13.8 Å². The van der Waals surface area contributed by atoms with Gasteiger partial charge in [0, 0.05) is 6.42 Å². The number of aliphatic hydroxyl groups excluding tert-OH is 3. The molecule has 0 aromatic carbocycles. The van der Waals surface area contributed by atoms with Crippen LogP contribution in [0.5, 0.6) is 0 Å². The summed E-state index contributed by atoms with van der Waals surface area (Å²) in [5.74, 6) is -0.582. The minimum atomic E-state index is -1.51. The Labute approximate surface area is 207 Å². The second kappa shape index (κ2) is 8.23. The lowest BCUT2D eigenvalue weighted by molar-refractivity contribution is -0.245. The van der Waals surface area contributed by atoms with Crippen molar-refractivity contribution in [2.45, 2.75) is 90.1 Å². The third kappa shape index (κ3) is 3.17. The van der Waals surface area contributed by atoms with E-state index in [-0.39, 0.29) is 54.5 Å². The molecule has 1 heterocycles. The van der Waals surface area contributed by atoms with Gasteiger partial charge in [-0.3, -0.25) is 4.79 Å². The SMILES string of the molecule is CC1=C(CO)C(=O)O[C@@H]([C@@H](C)[C@H]2CC[C@H]3[C@@H]4C[C@@H](O)[C@@]5(O)CC=CC(=O)[C@]5(C)[C@H]4C[C@H](O)[C@]23C)C1. The van der Waals surface area contributed by atoms with Gasteiger partial charge in [0.1, 0.15) is 11.7 Å². The van der Waals surface area contributed by atoms with Crippen molar-refractivity contribution in [2.75, 3.05) is 6.61 Å². The molecular weight excluding hydrogens is 448 g/mol. The fraction of sp³-hybridized carbons (Fsp3) is 0.786. The number of aliphatic hydroxyl groups is 4. The van der Waals surface area contributed by atoms with Gasteiger partial charge in [-0.05, 0) is 87.0 Å². The number of carbonyl (C=O) groups is 2. The molecule has 0 radical (unpaired) electrons. The highest BCUT2D eigenvalue weighted by Crippen LogP contribution is 2.68. The molecule has 5 aliphatic rings. The molecule has 0 saturated heterocycles. The first kappa shape index (κ1) is 25.1. The van der Waals surface area contributed by atoms with Crippen molar-refractivity contribution in [3.63, 3.8) is 0 Å². The molecule has 0 aromatic rings. The smallest absolute Gasteiger partial charge is 0.336 e. The minimum Gasteiger partial charge on any atom is -0.458 e. The van der Waals surface area contributed by atoms with Gasteiger partial charge in [0.15, 0.2) is 5.78 Å². The average Bonchev–Trinajstić information content (AvgIpc) is 3.16. The molecule has 7 nitrogen and oxygen atoms in total. The molecule has 4 N–H and O–H groups in total. The molecule has 1 aliphatic heterocycles. The molecule has 0 bridgehead atoms. The van der Waals surface area contributed by atoms with Crippen LogP contribution in [-0.2, 0) is 14.3 Å². The standard InChI is InChI=1S/C28H40O7/c1-14-10-21(35-25(33)17(14)13-29)15(2)18-7-8-19-16-11-24(32)28(34)9-5-6-22(30)27(28,4)20(16)12-23(31)26(18,19)3/h5-6,15-16,18-21,23-24,29,31-32,34H,7-13H2,1-4H3/t15-,16-,18+,19-,20-,21+,23-,24+,26+,27-,28-/m0/s1. The summed E-state index contributed by atoms with van der Waals surface area (Å²) in [6.07, 6.45) is 4.61. The number of esters is 1. The number of ether oxygens (including phenoxy) is 1. The highest BCUT2D eigenvalue weighted by molar-refractivity contribution is 5.97. The zero-order chi connectivity index (χ0) is 25.5. The lowest BCUT2D eigenvalue weighted by Crippen LogP contribution is -2.70. The van der Waals surface area contributed by atoms with Crippen LogP contribution in [0, 0.1) is 40.4 Å². The molecule has 0 spiro atoms. The van der Waals surface area contributed by atoms with E-state index in [1.807, 2.05) is 6.92 Å². The van der Waals surface area contributed by atoms with Crippen LogP contribution in [0.25, 0.3) is 0 Å². The Balaban J connectivity index is 1.46. The highest BCUT2D eigenvalue weighted by Gasteiger charge is 2.70. The van der Waals surface area contributed by atoms with Crippen molar-refractivity contribution in [2.24, 2.45) is 40.4 Å². The Morgan fingerprint density at radius 2 is 1.83 bits per heavy atom. The van der Waals surface area contributed by atoms with Gasteiger partial charge in [0.25, 0.3) is 0 Å². The predicted octanol–water partition coefficient (Wildman–Crippen LogP) is 2.31. The van der Waals surface area contributed by atoms with Crippen molar-refractivity contribution in [3.05, 3.63) is 23.3 Å². The lowest BCUT2D eigenvalue weighted by Gasteiger charge is -2.64. The number of hydrogen-bond donors (Lipinski definition) is 4. The van der Waals surface area contributed by atoms with Gasteiger partial charge in [0.2, 0.25) is 0 Å². The molecule has 11 atom stereocenters. The van der Waals surface area contributed by atoms with E-state index in [4.69, 9.17) is 4.74 Å². The van der Waals surface area contributed by atoms with E-state index in [9.17, 15) is 30.0 Å². The Morgan fingerprint density at radius 3 is 2.49 bits per heavy atom. The van der Waals surface area contributed by atoms with Crippen LogP contribution in [-0.4, -0.2) is 62.7 Å². The summed E-state index contributed by atoms with van der Waals surface area (Å²) in [6.45, 7) is 7.57. The fourth-order valence-electron chi connectivity index (χ4n) is 9.18. The van der Waals surface area contributed by atoms with Gasteiger partial charge < -0.3 is 25.2 Å². The maximum Gasteiger partial charge on any atom is 0.336 e. The van der Waals surface area contributed by atoms with E-state index in [0.717, 1.165) is 18.4 Å². The molecule has 3 fully saturated rings. The number of carbonyl (C=O) groups excluding carboxylic acids is 2. The van der Waals surface area contributed by atoms with Crippen molar-refractivity contribution >= 4 is 11.8 Å². The molecule has 0 aromatic heterocycles. The summed E-state index contributed by atoms with van der Waals surface area (Å²) in [5, 5.41) is 43.9. The molecule has 5 rings (SSSR count). The van der Waals surface area contributed by atoms with E-state index in [1.54, 1.807) is 13.0 Å². The Hall–Kier alpha value is -1.54. The second-order valence-electron chi connectivity index (χ2n) is 12.5. The fourth-order valence-corrected chi connectivity index (χ4v) is 9.18. The largest absolute Gasteiger partial charge is 0.458 e. The summed E-state index contributed by atoms with van der Waals surface area (Å²) < 4.78 is 5.77. The van der Waals surface area contributed by atoms with Gasteiger partial charge in [0.05, 0.1) is 29.8 Å². The molecule has 194 valence electrons. The van der Waals surface area contributed by atoms with Crippen LogP contribution in [0.1, 0.15) is 66.2 Å². The van der Waals surface area contributed by atoms with Gasteiger partial charge in [-0.15, -0.1) is 0 Å².